The lowest BCUT2D eigenvalue weighted by molar-refractivity contribution is -0.0226. The summed E-state index contributed by atoms with van der Waals surface area (Å²) in [6, 6.07) is 18.8. The van der Waals surface area contributed by atoms with Gasteiger partial charge >= 0.3 is 12.2 Å². The molecule has 11 nitrogen and oxygen atoms in total. The second kappa shape index (κ2) is 16.0. The molecule has 4 rings (SSSR count). The van der Waals surface area contributed by atoms with Crippen molar-refractivity contribution in [3.8, 4) is 0 Å². The standard InChI is InChI=1S/C28H36N2O9/c31-27-29(23-7-3-1-4-8-23)19-25(38-27)21-36-17-15-34-13-11-33-12-14-35-16-18-37-22-26-20-30(28(32)39-26)24-9-5-2-6-10-24/h1-10,25-26H,11-22H2. The van der Waals surface area contributed by atoms with E-state index in [4.69, 9.17) is 33.2 Å². The zero-order valence-corrected chi connectivity index (χ0v) is 22.0. The minimum atomic E-state index is -0.355. The summed E-state index contributed by atoms with van der Waals surface area (Å²) >= 11 is 0. The Bertz CT molecular complexity index is 916. The van der Waals surface area contributed by atoms with Gasteiger partial charge in [0.1, 0.15) is 12.2 Å². The van der Waals surface area contributed by atoms with Crippen LogP contribution in [0.4, 0.5) is 21.0 Å². The summed E-state index contributed by atoms with van der Waals surface area (Å²) < 4.78 is 38.3. The molecule has 2 atom stereocenters. The van der Waals surface area contributed by atoms with Gasteiger partial charge in [0.15, 0.2) is 0 Å². The molecule has 0 saturated carbocycles. The van der Waals surface area contributed by atoms with Crippen LogP contribution >= 0.6 is 0 Å². The number of amides is 2. The number of anilines is 2. The van der Waals surface area contributed by atoms with Gasteiger partial charge in [-0.15, -0.1) is 0 Å². The number of carbonyl (C=O) groups excluding carboxylic acids is 2. The van der Waals surface area contributed by atoms with E-state index in [1.54, 1.807) is 9.80 Å². The van der Waals surface area contributed by atoms with E-state index in [0.29, 0.717) is 79.2 Å². The number of carbonyl (C=O) groups is 2. The van der Waals surface area contributed by atoms with Crippen LogP contribution in [0.5, 0.6) is 0 Å². The average Bonchev–Trinajstić information content (AvgIpc) is 3.53. The normalized spacial score (nSPS) is 19.0. The summed E-state index contributed by atoms with van der Waals surface area (Å²) in [5, 5.41) is 0. The first-order valence-corrected chi connectivity index (χ1v) is 13.2. The van der Waals surface area contributed by atoms with E-state index in [9.17, 15) is 9.59 Å². The molecule has 11 heteroatoms. The summed E-state index contributed by atoms with van der Waals surface area (Å²) in [6.45, 7) is 5.08. The van der Waals surface area contributed by atoms with E-state index in [-0.39, 0.29) is 24.4 Å². The maximum atomic E-state index is 12.0. The van der Waals surface area contributed by atoms with Crippen molar-refractivity contribution in [3.63, 3.8) is 0 Å². The molecule has 0 aromatic heterocycles. The molecule has 2 aliphatic heterocycles. The second-order valence-electron chi connectivity index (χ2n) is 8.89. The van der Waals surface area contributed by atoms with Gasteiger partial charge in [-0.05, 0) is 24.3 Å². The molecule has 0 aliphatic carbocycles. The lowest BCUT2D eigenvalue weighted by Gasteiger charge is -2.12. The van der Waals surface area contributed by atoms with Crippen LogP contribution in [-0.4, -0.2) is 104 Å². The number of nitrogens with zero attached hydrogens (tertiary/aromatic N) is 2. The van der Waals surface area contributed by atoms with Crippen molar-refractivity contribution in [2.75, 3.05) is 89.0 Å². The highest BCUT2D eigenvalue weighted by atomic mass is 16.6. The third kappa shape index (κ3) is 9.48. The van der Waals surface area contributed by atoms with Gasteiger partial charge in [-0.2, -0.15) is 0 Å². The largest absolute Gasteiger partial charge is 0.441 e. The van der Waals surface area contributed by atoms with Gasteiger partial charge in [0.2, 0.25) is 0 Å². The predicted molar refractivity (Wildman–Crippen MR) is 142 cm³/mol. The Morgan fingerprint density at radius 1 is 0.538 bits per heavy atom. The van der Waals surface area contributed by atoms with Crippen molar-refractivity contribution in [1.82, 2.24) is 0 Å². The third-order valence-corrected chi connectivity index (χ3v) is 5.98. The summed E-state index contributed by atoms with van der Waals surface area (Å²) in [4.78, 5) is 27.3. The molecule has 2 saturated heterocycles. The average molecular weight is 545 g/mol. The minimum Gasteiger partial charge on any atom is -0.441 e. The highest BCUT2D eigenvalue weighted by molar-refractivity contribution is 5.90. The van der Waals surface area contributed by atoms with Gasteiger partial charge in [0, 0.05) is 11.4 Å². The van der Waals surface area contributed by atoms with E-state index < -0.39 is 0 Å². The van der Waals surface area contributed by atoms with Crippen molar-refractivity contribution in [2.24, 2.45) is 0 Å². The summed E-state index contributed by atoms with van der Waals surface area (Å²) in [5.41, 5.74) is 1.63. The van der Waals surface area contributed by atoms with Crippen LogP contribution in [0.15, 0.2) is 60.7 Å². The molecule has 2 aromatic rings. The second-order valence-corrected chi connectivity index (χ2v) is 8.89. The SMILES string of the molecule is O=C1OC(COCCOCCOCCOCCOCC2CN(c3ccccc3)C(=O)O2)CN1c1ccccc1. The Morgan fingerprint density at radius 3 is 1.23 bits per heavy atom. The van der Waals surface area contributed by atoms with Crippen LogP contribution < -0.4 is 9.80 Å². The molecule has 39 heavy (non-hydrogen) atoms. The van der Waals surface area contributed by atoms with Gasteiger partial charge in [-0.1, -0.05) is 36.4 Å². The Kier molecular flexibility index (Phi) is 11.8. The van der Waals surface area contributed by atoms with Crippen molar-refractivity contribution >= 4 is 23.6 Å². The van der Waals surface area contributed by atoms with Crippen molar-refractivity contribution < 1.29 is 42.7 Å². The molecule has 2 aliphatic rings. The summed E-state index contributed by atoms with van der Waals surface area (Å²) in [6.07, 6.45) is -1.30. The first-order chi connectivity index (χ1) is 19.2. The quantitative estimate of drug-likeness (QED) is 0.262. The summed E-state index contributed by atoms with van der Waals surface area (Å²) in [5.74, 6) is 0. The zero-order chi connectivity index (χ0) is 27.1. The van der Waals surface area contributed by atoms with Crippen LogP contribution in [0.3, 0.4) is 0 Å². The molecule has 0 spiro atoms. The fourth-order valence-corrected chi connectivity index (χ4v) is 4.06. The van der Waals surface area contributed by atoms with Crippen LogP contribution in [0.1, 0.15) is 0 Å². The van der Waals surface area contributed by atoms with Gasteiger partial charge < -0.3 is 33.2 Å². The molecule has 2 fully saturated rings. The van der Waals surface area contributed by atoms with Crippen LogP contribution in [0, 0.1) is 0 Å². The number of hydrogen-bond acceptors (Lipinski definition) is 9. The first kappa shape index (κ1) is 28.8. The molecule has 2 amide bonds. The minimum absolute atomic E-state index is 0.295. The van der Waals surface area contributed by atoms with E-state index >= 15 is 0 Å². The maximum absolute atomic E-state index is 12.0. The zero-order valence-electron chi connectivity index (χ0n) is 22.0. The Morgan fingerprint density at radius 2 is 0.872 bits per heavy atom. The molecule has 2 unspecified atom stereocenters. The van der Waals surface area contributed by atoms with E-state index in [1.165, 1.54) is 0 Å². The molecular formula is C28H36N2O9. The van der Waals surface area contributed by atoms with Crippen molar-refractivity contribution in [2.45, 2.75) is 12.2 Å². The fraction of sp³-hybridized carbons (Fsp3) is 0.500. The number of para-hydroxylation sites is 2. The molecule has 212 valence electrons. The van der Waals surface area contributed by atoms with Crippen LogP contribution in [0.2, 0.25) is 0 Å². The van der Waals surface area contributed by atoms with Gasteiger partial charge in [0.05, 0.1) is 79.2 Å². The molecule has 2 aromatic carbocycles. The highest BCUT2D eigenvalue weighted by Gasteiger charge is 2.33. The number of benzene rings is 2. The Balaban J connectivity index is 0.900. The topological polar surface area (TPSA) is 105 Å². The monoisotopic (exact) mass is 544 g/mol. The number of ether oxygens (including phenoxy) is 7. The van der Waals surface area contributed by atoms with Gasteiger partial charge in [-0.3, -0.25) is 9.80 Å². The molecule has 2 heterocycles. The smallest absolute Gasteiger partial charge is 0.414 e. The van der Waals surface area contributed by atoms with Crippen molar-refractivity contribution in [1.29, 1.82) is 0 Å². The first-order valence-electron chi connectivity index (χ1n) is 13.2. The third-order valence-electron chi connectivity index (χ3n) is 5.98. The van der Waals surface area contributed by atoms with Gasteiger partial charge in [0.25, 0.3) is 0 Å². The number of cyclic esters (lactones) is 2. The molecule has 0 radical (unpaired) electrons. The Labute approximate surface area is 228 Å². The van der Waals surface area contributed by atoms with E-state index in [1.807, 2.05) is 60.7 Å². The molecule has 0 bridgehead atoms. The molecule has 0 N–H and O–H groups in total. The lowest BCUT2D eigenvalue weighted by atomic mass is 10.3. The van der Waals surface area contributed by atoms with E-state index in [0.717, 1.165) is 11.4 Å². The Hall–Kier alpha value is -3.22. The lowest BCUT2D eigenvalue weighted by Crippen LogP contribution is -2.26. The van der Waals surface area contributed by atoms with Crippen LogP contribution in [0.25, 0.3) is 0 Å². The number of rotatable bonds is 18. The summed E-state index contributed by atoms with van der Waals surface area (Å²) in [7, 11) is 0. The predicted octanol–water partition coefficient (Wildman–Crippen LogP) is 3.12. The van der Waals surface area contributed by atoms with Gasteiger partial charge in [-0.25, -0.2) is 9.59 Å². The fourth-order valence-electron chi connectivity index (χ4n) is 4.06. The number of hydrogen-bond donors (Lipinski definition) is 0. The maximum Gasteiger partial charge on any atom is 0.414 e. The molecular weight excluding hydrogens is 508 g/mol. The highest BCUT2D eigenvalue weighted by Crippen LogP contribution is 2.22. The van der Waals surface area contributed by atoms with Crippen LogP contribution in [-0.2, 0) is 33.2 Å². The van der Waals surface area contributed by atoms with E-state index in [2.05, 4.69) is 0 Å². The van der Waals surface area contributed by atoms with Crippen molar-refractivity contribution in [3.05, 3.63) is 60.7 Å².